The number of allylic oxidation sites excluding steroid dienone is 1. The molecule has 26 heteroatoms. The number of amides is 3. The van der Waals surface area contributed by atoms with Crippen molar-refractivity contribution in [2.75, 3.05) is 96.7 Å². The number of hydrogen-bond donors (Lipinski definition) is 6. The number of nitrogen functional groups attached to an aromatic ring is 3. The Kier molecular flexibility index (Phi) is 25.0. The summed E-state index contributed by atoms with van der Waals surface area (Å²) < 4.78 is 23.7. The second-order valence-electron chi connectivity index (χ2n) is 28.4. The van der Waals surface area contributed by atoms with Crippen LogP contribution >= 0.6 is 0 Å². The van der Waals surface area contributed by atoms with Crippen molar-refractivity contribution in [2.24, 2.45) is 0 Å². The van der Waals surface area contributed by atoms with Gasteiger partial charge in [-0.1, -0.05) is 123 Å². The van der Waals surface area contributed by atoms with E-state index in [0.29, 0.717) is 95.8 Å². The van der Waals surface area contributed by atoms with Crippen molar-refractivity contribution in [3.63, 3.8) is 0 Å². The number of H-pyrrole nitrogens is 3. The number of carbonyl (C=O) groups is 3. The minimum Gasteiger partial charge on any atom is -0.457 e. The molecule has 582 valence electrons. The highest BCUT2D eigenvalue weighted by Crippen LogP contribution is 2.41. The van der Waals surface area contributed by atoms with E-state index in [0.717, 1.165) is 109 Å². The number of fused-ring (bicyclic) bond motifs is 3. The highest BCUT2D eigenvalue weighted by atomic mass is 16.5. The zero-order chi connectivity index (χ0) is 79.1. The summed E-state index contributed by atoms with van der Waals surface area (Å²) in [6.07, 6.45) is 21.4. The summed E-state index contributed by atoms with van der Waals surface area (Å²) in [7, 11) is 3.92. The van der Waals surface area contributed by atoms with Gasteiger partial charge in [0.15, 0.2) is 17.5 Å². The van der Waals surface area contributed by atoms with Crippen LogP contribution in [0.25, 0.3) is 66.1 Å². The van der Waals surface area contributed by atoms with Crippen molar-refractivity contribution >= 4 is 67.9 Å². The number of aromatic amines is 3. The number of likely N-dealkylation sites (N-methyl/N-ethyl adjacent to an activating group) is 2. The van der Waals surface area contributed by atoms with E-state index < -0.39 is 0 Å². The lowest BCUT2D eigenvalue weighted by atomic mass is 10.1. The molecule has 6 aromatic carbocycles. The molecule has 9 heterocycles. The van der Waals surface area contributed by atoms with E-state index in [-0.39, 0.29) is 70.0 Å². The number of hydrogen-bond acceptors (Lipinski definition) is 17. The van der Waals surface area contributed by atoms with Crippen LogP contribution in [-0.4, -0.2) is 166 Å². The predicted molar refractivity (Wildman–Crippen MR) is 444 cm³/mol. The molecular formula is C87H95N17O9. The van der Waals surface area contributed by atoms with E-state index >= 15 is 0 Å². The predicted octanol–water partition coefficient (Wildman–Crippen LogP) is 13.4. The standard InChI is InChI=1S/C31H36N6O3.C29H32N6O3.C27H27N5O3/c1-3-35(4-2)18-9-13-27(38)36-19-8-10-23(20-36)37-21-26(28-29(37)31(39)34-33-30(28)32)22-14-16-25(17-15-22)40-24-11-6-5-7-12-24;1-33(2)16-7-11-25(36)34-17-6-8-21(18-34)35-19-24(26-27(35)29(37)32-31-28(26)30)20-12-14-23(15-13-20)38-22-9-4-3-5-10-22;1-2-7-23(33)31-15-6-8-19(16-31)32-17-22(24-25(32)27(34)30-29-26(24)28)18-11-13-21(14-12-18)35-20-9-4-3-5-10-20/h5-7,9,11-17,21,23H,3-4,8,10,18-20H2,1-2H3,(H2,32,33)(H,34,39);3-5,7,9-15,19,21H,6,8,16-18H2,1-2H3,(H2,30,31)(H,32,37);2-5,7,9-14,17,19H,6,8,15-16H2,1H3,(H2,28,29)(H,30,34)/b13-9+;11-7+;7-2+/t23-;21-;19-/m111/s1. The quantitative estimate of drug-likeness (QED) is 0.0364. The van der Waals surface area contributed by atoms with Gasteiger partial charge in [0.25, 0.3) is 16.7 Å². The van der Waals surface area contributed by atoms with Crippen LogP contribution in [0, 0.1) is 0 Å². The van der Waals surface area contributed by atoms with Gasteiger partial charge in [0, 0.05) is 99.8 Å². The fourth-order valence-electron chi connectivity index (χ4n) is 15.0. The number of likely N-dealkylation sites (tertiary alicyclic amines) is 3. The zero-order valence-corrected chi connectivity index (χ0v) is 64.2. The van der Waals surface area contributed by atoms with Crippen molar-refractivity contribution in [1.29, 1.82) is 0 Å². The normalized spacial score (nSPS) is 16.0. The van der Waals surface area contributed by atoms with Crippen LogP contribution < -0.4 is 48.1 Å². The number of nitrogens with zero attached hydrogens (tertiary/aromatic N) is 11. The van der Waals surface area contributed by atoms with Crippen molar-refractivity contribution in [1.82, 2.24) is 68.8 Å². The van der Waals surface area contributed by atoms with Gasteiger partial charge in [-0.25, -0.2) is 15.3 Å². The summed E-state index contributed by atoms with van der Waals surface area (Å²) in [6.45, 7) is 13.0. The molecule has 3 aliphatic heterocycles. The van der Waals surface area contributed by atoms with E-state index in [1.165, 1.54) is 0 Å². The number of rotatable bonds is 21. The summed E-state index contributed by atoms with van der Waals surface area (Å²) >= 11 is 0. The molecule has 3 aliphatic rings. The third kappa shape index (κ3) is 18.4. The number of nitrogens with one attached hydrogen (secondary N) is 3. The molecule has 0 spiro atoms. The van der Waals surface area contributed by atoms with E-state index in [4.69, 9.17) is 31.4 Å². The van der Waals surface area contributed by atoms with Gasteiger partial charge in [0.05, 0.1) is 34.3 Å². The topological polar surface area (TPSA) is 325 Å². The first-order chi connectivity index (χ1) is 54.9. The Morgan fingerprint density at radius 3 is 1.02 bits per heavy atom. The molecule has 3 atom stereocenters. The summed E-state index contributed by atoms with van der Waals surface area (Å²) in [5.41, 5.74) is 24.5. The number of piperidine rings is 3. The lowest BCUT2D eigenvalue weighted by molar-refractivity contribution is -0.128. The second-order valence-corrected chi connectivity index (χ2v) is 28.4. The second kappa shape index (κ2) is 36.2. The van der Waals surface area contributed by atoms with Crippen LogP contribution in [0.2, 0.25) is 0 Å². The van der Waals surface area contributed by atoms with E-state index in [1.54, 1.807) is 24.3 Å². The van der Waals surface area contributed by atoms with Crippen LogP contribution in [0.15, 0.2) is 233 Å². The average molecular weight is 1520 g/mol. The molecule has 9 N–H and O–H groups in total. The number of benzene rings is 6. The van der Waals surface area contributed by atoms with Gasteiger partial charge in [-0.15, -0.1) is 0 Å². The van der Waals surface area contributed by atoms with Gasteiger partial charge in [-0.2, -0.15) is 15.3 Å². The fourth-order valence-corrected chi connectivity index (χ4v) is 15.0. The van der Waals surface area contributed by atoms with E-state index in [9.17, 15) is 28.8 Å². The third-order valence-corrected chi connectivity index (χ3v) is 20.6. The maximum atomic E-state index is 13.1. The molecule has 15 rings (SSSR count). The molecule has 3 amide bonds. The lowest BCUT2D eigenvalue weighted by Gasteiger charge is -2.33. The number of nitrogens with two attached hydrogens (primary N) is 3. The van der Waals surface area contributed by atoms with Crippen molar-refractivity contribution in [2.45, 2.75) is 77.4 Å². The summed E-state index contributed by atoms with van der Waals surface area (Å²) in [4.78, 5) is 87.1. The smallest absolute Gasteiger partial charge is 0.288 e. The molecule has 0 bridgehead atoms. The largest absolute Gasteiger partial charge is 0.457 e. The number of ether oxygens (including phenoxy) is 3. The Morgan fingerprint density at radius 2 is 0.726 bits per heavy atom. The number of para-hydroxylation sites is 3. The Hall–Kier alpha value is -13.1. The van der Waals surface area contributed by atoms with Crippen LogP contribution in [0.3, 0.4) is 0 Å². The minimum atomic E-state index is -0.307. The van der Waals surface area contributed by atoms with Crippen LogP contribution in [0.1, 0.15) is 77.4 Å². The maximum absolute atomic E-state index is 13.1. The van der Waals surface area contributed by atoms with Gasteiger partial charge < -0.3 is 69.6 Å². The van der Waals surface area contributed by atoms with Crippen molar-refractivity contribution in [3.8, 4) is 67.9 Å². The van der Waals surface area contributed by atoms with E-state index in [2.05, 4.69) is 49.3 Å². The molecule has 3 fully saturated rings. The molecule has 0 saturated carbocycles. The van der Waals surface area contributed by atoms with E-state index in [1.807, 2.05) is 249 Å². The molecule has 3 saturated heterocycles. The van der Waals surface area contributed by atoms with Crippen LogP contribution in [-0.2, 0) is 14.4 Å². The first-order valence-electron chi connectivity index (χ1n) is 38.3. The first-order valence-corrected chi connectivity index (χ1v) is 38.3. The molecule has 113 heavy (non-hydrogen) atoms. The third-order valence-electron chi connectivity index (χ3n) is 20.6. The SMILES string of the molecule is C/C=C/C(=O)N1CCC[C@@H](n2cc(-c3ccc(Oc4ccccc4)cc3)c3c(N)n[nH]c(=O)c32)C1.CCN(CC)C/C=C/C(=O)N1CCC[C@@H](n2cc(-c3ccc(Oc4ccccc4)cc3)c3c(N)n[nH]c(=O)c32)C1.CN(C)C/C=C/C(=O)N1CCC[C@@H](n2cc(-c3ccc(Oc4ccccc4)cc3)c3c(N)n[nH]c(=O)c32)C1. The zero-order valence-electron chi connectivity index (χ0n) is 64.2. The van der Waals surface area contributed by atoms with Gasteiger partial charge in [0.2, 0.25) is 17.7 Å². The average Bonchev–Trinajstić information content (AvgIpc) is 1.61. The lowest BCUT2D eigenvalue weighted by Crippen LogP contribution is -2.40. The summed E-state index contributed by atoms with van der Waals surface area (Å²) in [5, 5.41) is 21.5. The molecular weight excluding hydrogens is 1430 g/mol. The Bertz CT molecular complexity index is 5570. The monoisotopic (exact) mass is 1520 g/mol. The van der Waals surface area contributed by atoms with Crippen molar-refractivity contribution < 1.29 is 28.6 Å². The van der Waals surface area contributed by atoms with Gasteiger partial charge in [-0.05, 0) is 168 Å². The Labute approximate surface area is 654 Å². The van der Waals surface area contributed by atoms with Crippen LogP contribution in [0.4, 0.5) is 17.5 Å². The van der Waals surface area contributed by atoms with Gasteiger partial charge in [-0.3, -0.25) is 28.8 Å². The van der Waals surface area contributed by atoms with Gasteiger partial charge in [0.1, 0.15) is 51.0 Å². The first kappa shape index (κ1) is 78.1. The minimum absolute atomic E-state index is 0.00219. The molecule has 0 radical (unpaired) electrons. The van der Waals surface area contributed by atoms with Crippen molar-refractivity contribution in [3.05, 3.63) is 250 Å². The molecule has 12 aromatic rings. The Morgan fingerprint density at radius 1 is 0.434 bits per heavy atom. The highest BCUT2D eigenvalue weighted by molar-refractivity contribution is 6.04. The number of aromatic nitrogens is 9. The summed E-state index contributed by atoms with van der Waals surface area (Å²) in [6, 6.07) is 51.6. The summed E-state index contributed by atoms with van der Waals surface area (Å²) in [5.74, 6) is 5.13. The number of carbonyl (C=O) groups excluding carboxylic acids is 3. The fraction of sp³-hybridized carbons (Fsp3) is 0.276. The maximum Gasteiger partial charge on any atom is 0.288 e. The number of anilines is 3. The highest BCUT2D eigenvalue weighted by Gasteiger charge is 2.32. The van der Waals surface area contributed by atoms with Gasteiger partial charge >= 0.3 is 0 Å². The van der Waals surface area contributed by atoms with Crippen LogP contribution in [0.5, 0.6) is 34.5 Å². The molecule has 6 aromatic heterocycles. The molecule has 0 unspecified atom stereocenters. The Balaban J connectivity index is 0.000000148. The molecule has 0 aliphatic carbocycles. The molecule has 26 nitrogen and oxygen atoms in total.